The van der Waals surface area contributed by atoms with E-state index in [1.807, 2.05) is 0 Å². The van der Waals surface area contributed by atoms with Gasteiger partial charge in [-0.25, -0.2) is 0 Å². The molecular weight excluding hydrogens is 284 g/mol. The molecule has 0 radical (unpaired) electrons. The Bertz CT molecular complexity index is 777. The molecule has 1 saturated heterocycles. The van der Waals surface area contributed by atoms with E-state index in [1.54, 1.807) is 0 Å². The molecule has 118 valence electrons. The highest BCUT2D eigenvalue weighted by Crippen LogP contribution is 2.33. The van der Waals surface area contributed by atoms with Crippen molar-refractivity contribution < 1.29 is 9.47 Å². The summed E-state index contributed by atoms with van der Waals surface area (Å²) in [5, 5.41) is 5.51. The van der Waals surface area contributed by atoms with Gasteiger partial charge in [-0.15, -0.1) is 0 Å². The zero-order chi connectivity index (χ0) is 15.6. The van der Waals surface area contributed by atoms with Crippen molar-refractivity contribution in [2.45, 2.75) is 25.9 Å². The average Bonchev–Trinajstić information content (AvgIpc) is 3.42. The fourth-order valence-electron chi connectivity index (χ4n) is 3.44. The highest BCUT2D eigenvalue weighted by Gasteiger charge is 2.22. The van der Waals surface area contributed by atoms with Crippen LogP contribution in [-0.2, 0) is 15.9 Å². The van der Waals surface area contributed by atoms with Crippen molar-refractivity contribution in [3.8, 4) is 0 Å². The number of hydrogen-bond donors (Lipinski definition) is 0. The molecule has 1 heterocycles. The summed E-state index contributed by atoms with van der Waals surface area (Å²) < 4.78 is 10.9. The minimum atomic E-state index is 0.357. The number of epoxide rings is 1. The van der Waals surface area contributed by atoms with Gasteiger partial charge in [0.15, 0.2) is 0 Å². The molecule has 0 aromatic heterocycles. The van der Waals surface area contributed by atoms with E-state index in [1.165, 1.54) is 32.7 Å². The Morgan fingerprint density at radius 3 is 2.09 bits per heavy atom. The molecule has 0 spiro atoms. The van der Waals surface area contributed by atoms with Gasteiger partial charge in [-0.2, -0.15) is 0 Å². The van der Waals surface area contributed by atoms with E-state index in [0.29, 0.717) is 6.10 Å². The van der Waals surface area contributed by atoms with E-state index in [0.717, 1.165) is 32.7 Å². The average molecular weight is 306 g/mol. The van der Waals surface area contributed by atoms with Crippen molar-refractivity contribution in [3.63, 3.8) is 0 Å². The van der Waals surface area contributed by atoms with Crippen LogP contribution in [0.2, 0.25) is 0 Å². The van der Waals surface area contributed by atoms with Crippen molar-refractivity contribution in [2.75, 3.05) is 19.8 Å². The molecular formula is C21H22O2. The van der Waals surface area contributed by atoms with Gasteiger partial charge in [0.25, 0.3) is 0 Å². The number of hydrogen-bond acceptors (Lipinski definition) is 2. The lowest BCUT2D eigenvalue weighted by Gasteiger charge is -2.14. The maximum absolute atomic E-state index is 5.70. The fourth-order valence-corrected chi connectivity index (χ4v) is 3.44. The fraction of sp³-hybridized carbons (Fsp3) is 0.333. The number of fused-ring (bicyclic) bond motifs is 2. The van der Waals surface area contributed by atoms with Gasteiger partial charge in [0.2, 0.25) is 0 Å². The van der Waals surface area contributed by atoms with Crippen LogP contribution in [0.4, 0.5) is 0 Å². The molecule has 4 rings (SSSR count). The molecule has 0 saturated carbocycles. The smallest absolute Gasteiger partial charge is 0.104 e. The summed E-state index contributed by atoms with van der Waals surface area (Å²) in [6.07, 6.45) is 2.45. The first-order chi connectivity index (χ1) is 11.3. The molecule has 23 heavy (non-hydrogen) atoms. The molecule has 3 aromatic carbocycles. The standard InChI is InChI=1S/C21H22O2/c1-15-17-7-2-4-9-19(17)21(20-10-5-3-8-18(15)20)11-6-12-22-13-16-14-23-16/h2-5,7-10,16H,6,11-14H2,1H3. The monoisotopic (exact) mass is 306 g/mol. The van der Waals surface area contributed by atoms with Gasteiger partial charge in [-0.05, 0) is 52.4 Å². The molecule has 1 unspecified atom stereocenters. The van der Waals surface area contributed by atoms with E-state index >= 15 is 0 Å². The van der Waals surface area contributed by atoms with Crippen molar-refractivity contribution >= 4 is 21.5 Å². The number of ether oxygens (including phenoxy) is 2. The second-order valence-electron chi connectivity index (χ2n) is 6.33. The van der Waals surface area contributed by atoms with Crippen LogP contribution in [0.1, 0.15) is 17.5 Å². The van der Waals surface area contributed by atoms with Crippen LogP contribution in [0.25, 0.3) is 21.5 Å². The lowest BCUT2D eigenvalue weighted by atomic mass is 9.90. The molecule has 1 aliphatic rings. The second kappa shape index (κ2) is 6.31. The largest absolute Gasteiger partial charge is 0.379 e. The van der Waals surface area contributed by atoms with Crippen LogP contribution < -0.4 is 0 Å². The minimum absolute atomic E-state index is 0.357. The first-order valence-corrected chi connectivity index (χ1v) is 8.43. The normalized spacial score (nSPS) is 17.0. The van der Waals surface area contributed by atoms with Crippen LogP contribution in [0.15, 0.2) is 48.5 Å². The molecule has 1 fully saturated rings. The van der Waals surface area contributed by atoms with E-state index < -0.39 is 0 Å². The van der Waals surface area contributed by atoms with E-state index in [2.05, 4.69) is 55.5 Å². The second-order valence-corrected chi connectivity index (χ2v) is 6.33. The lowest BCUT2D eigenvalue weighted by molar-refractivity contribution is 0.115. The predicted octanol–water partition coefficient (Wildman–Crippen LogP) is 4.65. The summed E-state index contributed by atoms with van der Waals surface area (Å²) in [6, 6.07) is 17.5. The Morgan fingerprint density at radius 1 is 0.957 bits per heavy atom. The van der Waals surface area contributed by atoms with Gasteiger partial charge in [0, 0.05) is 6.61 Å². The molecule has 0 bridgehead atoms. The van der Waals surface area contributed by atoms with Gasteiger partial charge in [0.05, 0.1) is 13.2 Å². The topological polar surface area (TPSA) is 21.8 Å². The van der Waals surface area contributed by atoms with Gasteiger partial charge in [-0.3, -0.25) is 0 Å². The predicted molar refractivity (Wildman–Crippen MR) is 95.1 cm³/mol. The summed E-state index contributed by atoms with van der Waals surface area (Å²) in [4.78, 5) is 0. The summed E-state index contributed by atoms with van der Waals surface area (Å²) in [5.74, 6) is 0. The quantitative estimate of drug-likeness (QED) is 0.376. The van der Waals surface area contributed by atoms with Crippen molar-refractivity contribution in [3.05, 3.63) is 59.7 Å². The summed E-state index contributed by atoms with van der Waals surface area (Å²) in [6.45, 7) is 4.65. The Hall–Kier alpha value is -1.90. The molecule has 0 N–H and O–H groups in total. The zero-order valence-corrected chi connectivity index (χ0v) is 13.5. The van der Waals surface area contributed by atoms with Crippen molar-refractivity contribution in [1.82, 2.24) is 0 Å². The Labute approximate surface area is 137 Å². The molecule has 1 atom stereocenters. The van der Waals surface area contributed by atoms with Crippen molar-refractivity contribution in [2.24, 2.45) is 0 Å². The summed E-state index contributed by atoms with van der Waals surface area (Å²) in [7, 11) is 0. The van der Waals surface area contributed by atoms with Gasteiger partial charge < -0.3 is 9.47 Å². The molecule has 2 nitrogen and oxygen atoms in total. The van der Waals surface area contributed by atoms with Crippen LogP contribution in [0.3, 0.4) is 0 Å². The number of rotatable bonds is 6. The maximum atomic E-state index is 5.70. The maximum Gasteiger partial charge on any atom is 0.104 e. The molecule has 2 heteroatoms. The third-order valence-electron chi connectivity index (χ3n) is 4.73. The molecule has 1 aliphatic heterocycles. The van der Waals surface area contributed by atoms with Gasteiger partial charge in [0.1, 0.15) is 6.10 Å². The molecule has 0 amide bonds. The third kappa shape index (κ3) is 2.97. The summed E-state index contributed by atoms with van der Waals surface area (Å²) >= 11 is 0. The van der Waals surface area contributed by atoms with Crippen LogP contribution in [0.5, 0.6) is 0 Å². The van der Waals surface area contributed by atoms with Crippen LogP contribution in [0, 0.1) is 6.92 Å². The Kier molecular flexibility index (Phi) is 4.02. The van der Waals surface area contributed by atoms with Crippen molar-refractivity contribution in [1.29, 1.82) is 0 Å². The highest BCUT2D eigenvalue weighted by molar-refractivity contribution is 6.05. The van der Waals surface area contributed by atoms with Gasteiger partial charge >= 0.3 is 0 Å². The van der Waals surface area contributed by atoms with Crippen LogP contribution in [-0.4, -0.2) is 25.9 Å². The summed E-state index contributed by atoms with van der Waals surface area (Å²) in [5.41, 5.74) is 2.83. The van der Waals surface area contributed by atoms with Crippen LogP contribution >= 0.6 is 0 Å². The zero-order valence-electron chi connectivity index (χ0n) is 13.5. The van der Waals surface area contributed by atoms with E-state index in [4.69, 9.17) is 9.47 Å². The lowest BCUT2D eigenvalue weighted by Crippen LogP contribution is -2.04. The SMILES string of the molecule is Cc1c2ccccc2c(CCCOCC2CO2)c2ccccc12. The third-order valence-corrected chi connectivity index (χ3v) is 4.73. The molecule has 0 aliphatic carbocycles. The first-order valence-electron chi connectivity index (χ1n) is 8.43. The highest BCUT2D eigenvalue weighted by atomic mass is 16.6. The number of aryl methyl sites for hydroxylation is 2. The van der Waals surface area contributed by atoms with E-state index in [-0.39, 0.29) is 0 Å². The number of benzene rings is 3. The van der Waals surface area contributed by atoms with E-state index in [9.17, 15) is 0 Å². The Balaban J connectivity index is 1.65. The first kappa shape index (κ1) is 14.7. The minimum Gasteiger partial charge on any atom is -0.379 e. The van der Waals surface area contributed by atoms with Gasteiger partial charge in [-0.1, -0.05) is 48.5 Å². The Morgan fingerprint density at radius 2 is 1.52 bits per heavy atom. The molecule has 3 aromatic rings.